The van der Waals surface area contributed by atoms with Crippen molar-refractivity contribution in [3.05, 3.63) is 53.6 Å². The minimum absolute atomic E-state index is 0.0575. The molecule has 2 aromatic carbocycles. The van der Waals surface area contributed by atoms with E-state index < -0.39 is 0 Å². The van der Waals surface area contributed by atoms with E-state index in [-0.39, 0.29) is 11.5 Å². The van der Waals surface area contributed by atoms with Gasteiger partial charge in [0.2, 0.25) is 0 Å². The Morgan fingerprint density at radius 2 is 1.47 bits per heavy atom. The van der Waals surface area contributed by atoms with Gasteiger partial charge in [-0.15, -0.1) is 0 Å². The standard InChI is InChI=1S/C16H17NO2/c1-2-17-14-7-5-12(6-8-14)3-4-13-9-15(18)11-16(19)10-13/h3-11,17-19H,2H2,1H3/b4-3+. The van der Waals surface area contributed by atoms with Gasteiger partial charge in [0, 0.05) is 18.3 Å². The lowest BCUT2D eigenvalue weighted by Gasteiger charge is -2.02. The highest BCUT2D eigenvalue weighted by molar-refractivity contribution is 5.71. The molecule has 0 saturated carbocycles. The molecule has 2 aromatic rings. The molecule has 3 heteroatoms. The van der Waals surface area contributed by atoms with E-state index in [1.807, 2.05) is 36.4 Å². The van der Waals surface area contributed by atoms with Gasteiger partial charge in [0.25, 0.3) is 0 Å². The van der Waals surface area contributed by atoms with E-state index in [9.17, 15) is 10.2 Å². The summed E-state index contributed by atoms with van der Waals surface area (Å²) in [6.45, 7) is 2.96. The molecule has 0 bridgehead atoms. The molecule has 2 rings (SSSR count). The van der Waals surface area contributed by atoms with Crippen LogP contribution < -0.4 is 5.32 Å². The van der Waals surface area contributed by atoms with Crippen molar-refractivity contribution in [3.63, 3.8) is 0 Å². The van der Waals surface area contributed by atoms with Crippen molar-refractivity contribution in [2.45, 2.75) is 6.92 Å². The Balaban J connectivity index is 2.13. The molecule has 0 saturated heterocycles. The summed E-state index contributed by atoms with van der Waals surface area (Å²) in [5.74, 6) is 0.115. The highest BCUT2D eigenvalue weighted by atomic mass is 16.3. The number of phenols is 2. The van der Waals surface area contributed by atoms with Crippen molar-refractivity contribution in [1.29, 1.82) is 0 Å². The molecule has 3 nitrogen and oxygen atoms in total. The Labute approximate surface area is 112 Å². The molecule has 0 heterocycles. The molecule has 98 valence electrons. The zero-order chi connectivity index (χ0) is 13.7. The monoisotopic (exact) mass is 255 g/mol. The van der Waals surface area contributed by atoms with E-state index in [2.05, 4.69) is 12.2 Å². The van der Waals surface area contributed by atoms with E-state index in [1.165, 1.54) is 6.07 Å². The van der Waals surface area contributed by atoms with E-state index in [1.54, 1.807) is 12.1 Å². The van der Waals surface area contributed by atoms with E-state index in [0.717, 1.165) is 23.4 Å². The molecule has 0 aromatic heterocycles. The molecule has 0 unspecified atom stereocenters. The fourth-order valence-electron chi connectivity index (χ4n) is 1.82. The van der Waals surface area contributed by atoms with Gasteiger partial charge in [-0.25, -0.2) is 0 Å². The summed E-state index contributed by atoms with van der Waals surface area (Å²) in [6.07, 6.45) is 3.78. The summed E-state index contributed by atoms with van der Waals surface area (Å²) in [5.41, 5.74) is 2.91. The Bertz CT molecular complexity index is 554. The highest BCUT2D eigenvalue weighted by Crippen LogP contribution is 2.22. The molecule has 0 aliphatic rings. The maximum Gasteiger partial charge on any atom is 0.119 e. The normalized spacial score (nSPS) is 10.8. The molecular weight excluding hydrogens is 238 g/mol. The Kier molecular flexibility index (Phi) is 4.08. The van der Waals surface area contributed by atoms with Gasteiger partial charge in [0.05, 0.1) is 0 Å². The summed E-state index contributed by atoms with van der Waals surface area (Å²) in [4.78, 5) is 0. The maximum absolute atomic E-state index is 9.38. The second-order valence-corrected chi connectivity index (χ2v) is 4.27. The van der Waals surface area contributed by atoms with Crippen molar-refractivity contribution >= 4 is 17.8 Å². The fraction of sp³-hybridized carbons (Fsp3) is 0.125. The minimum Gasteiger partial charge on any atom is -0.508 e. The molecule has 0 atom stereocenters. The number of benzene rings is 2. The molecular formula is C16H17NO2. The van der Waals surface area contributed by atoms with Crippen LogP contribution in [-0.4, -0.2) is 16.8 Å². The quantitative estimate of drug-likeness (QED) is 0.730. The average Bonchev–Trinajstić information content (AvgIpc) is 2.37. The number of hydrogen-bond donors (Lipinski definition) is 3. The van der Waals surface area contributed by atoms with Crippen LogP contribution in [0.25, 0.3) is 12.2 Å². The number of anilines is 1. The first-order valence-electron chi connectivity index (χ1n) is 6.22. The largest absolute Gasteiger partial charge is 0.508 e. The average molecular weight is 255 g/mol. The highest BCUT2D eigenvalue weighted by Gasteiger charge is 1.96. The summed E-state index contributed by atoms with van der Waals surface area (Å²) >= 11 is 0. The van der Waals surface area contributed by atoms with Crippen molar-refractivity contribution in [2.75, 3.05) is 11.9 Å². The second kappa shape index (κ2) is 5.96. The van der Waals surface area contributed by atoms with Gasteiger partial charge in [0.15, 0.2) is 0 Å². The Hall–Kier alpha value is -2.42. The minimum atomic E-state index is 0.0575. The van der Waals surface area contributed by atoms with Crippen molar-refractivity contribution in [2.24, 2.45) is 0 Å². The summed E-state index contributed by atoms with van der Waals surface area (Å²) in [6, 6.07) is 12.6. The molecule has 0 aliphatic carbocycles. The van der Waals surface area contributed by atoms with Crippen LogP contribution in [0.15, 0.2) is 42.5 Å². The topological polar surface area (TPSA) is 52.5 Å². The van der Waals surface area contributed by atoms with Gasteiger partial charge in [0.1, 0.15) is 11.5 Å². The molecule has 0 amide bonds. The predicted molar refractivity (Wildman–Crippen MR) is 79.3 cm³/mol. The lowest BCUT2D eigenvalue weighted by atomic mass is 10.1. The van der Waals surface area contributed by atoms with Crippen molar-refractivity contribution in [3.8, 4) is 11.5 Å². The van der Waals surface area contributed by atoms with Crippen LogP contribution in [0.2, 0.25) is 0 Å². The predicted octanol–water partition coefficient (Wildman–Crippen LogP) is 3.70. The SMILES string of the molecule is CCNc1ccc(/C=C/c2cc(O)cc(O)c2)cc1. The van der Waals surface area contributed by atoms with Crippen molar-refractivity contribution < 1.29 is 10.2 Å². The molecule has 0 spiro atoms. The molecule has 0 fully saturated rings. The lowest BCUT2D eigenvalue weighted by Crippen LogP contribution is -1.95. The third-order valence-electron chi connectivity index (χ3n) is 2.68. The summed E-state index contributed by atoms with van der Waals surface area (Å²) in [7, 11) is 0. The van der Waals surface area contributed by atoms with Crippen LogP contribution in [0.3, 0.4) is 0 Å². The molecule has 19 heavy (non-hydrogen) atoms. The molecule has 3 N–H and O–H groups in total. The molecule has 0 aliphatic heterocycles. The molecule has 0 radical (unpaired) electrons. The van der Waals surface area contributed by atoms with Gasteiger partial charge < -0.3 is 15.5 Å². The summed E-state index contributed by atoms with van der Waals surface area (Å²) in [5, 5.41) is 22.0. The van der Waals surface area contributed by atoms with Gasteiger partial charge in [-0.3, -0.25) is 0 Å². The van der Waals surface area contributed by atoms with Gasteiger partial charge in [-0.1, -0.05) is 24.3 Å². The number of rotatable bonds is 4. The van der Waals surface area contributed by atoms with Gasteiger partial charge >= 0.3 is 0 Å². The second-order valence-electron chi connectivity index (χ2n) is 4.27. The lowest BCUT2D eigenvalue weighted by molar-refractivity contribution is 0.450. The first kappa shape index (κ1) is 13.0. The third kappa shape index (κ3) is 3.78. The van der Waals surface area contributed by atoms with E-state index >= 15 is 0 Å². The maximum atomic E-state index is 9.38. The van der Waals surface area contributed by atoms with Crippen LogP contribution in [0.5, 0.6) is 11.5 Å². The Morgan fingerprint density at radius 1 is 0.895 bits per heavy atom. The number of phenolic OH excluding ortho intramolecular Hbond substituents is 2. The van der Waals surface area contributed by atoms with Crippen LogP contribution >= 0.6 is 0 Å². The van der Waals surface area contributed by atoms with Gasteiger partial charge in [-0.05, 0) is 42.3 Å². The van der Waals surface area contributed by atoms with E-state index in [0.29, 0.717) is 0 Å². The van der Waals surface area contributed by atoms with E-state index in [4.69, 9.17) is 0 Å². The number of aromatic hydroxyl groups is 2. The van der Waals surface area contributed by atoms with Crippen LogP contribution in [0, 0.1) is 0 Å². The Morgan fingerprint density at radius 3 is 2.05 bits per heavy atom. The smallest absolute Gasteiger partial charge is 0.119 e. The van der Waals surface area contributed by atoms with Crippen molar-refractivity contribution in [1.82, 2.24) is 0 Å². The first-order chi connectivity index (χ1) is 9.17. The van der Waals surface area contributed by atoms with Crippen LogP contribution in [-0.2, 0) is 0 Å². The van der Waals surface area contributed by atoms with Crippen LogP contribution in [0.1, 0.15) is 18.1 Å². The zero-order valence-corrected chi connectivity index (χ0v) is 10.8. The fourth-order valence-corrected chi connectivity index (χ4v) is 1.82. The first-order valence-corrected chi connectivity index (χ1v) is 6.22. The van der Waals surface area contributed by atoms with Gasteiger partial charge in [-0.2, -0.15) is 0 Å². The van der Waals surface area contributed by atoms with Crippen LogP contribution in [0.4, 0.5) is 5.69 Å². The zero-order valence-electron chi connectivity index (χ0n) is 10.8. The number of hydrogen-bond acceptors (Lipinski definition) is 3. The number of nitrogens with one attached hydrogen (secondary N) is 1. The summed E-state index contributed by atoms with van der Waals surface area (Å²) < 4.78 is 0. The third-order valence-corrected chi connectivity index (χ3v) is 2.68.